The molecule has 86 valence electrons. The van der Waals surface area contributed by atoms with Crippen molar-refractivity contribution in [1.82, 2.24) is 9.36 Å². The van der Waals surface area contributed by atoms with E-state index in [0.717, 1.165) is 11.3 Å². The Labute approximate surface area is 103 Å². The monoisotopic (exact) mass is 245 g/mol. The number of nitrogens with two attached hydrogens (primary N) is 1. The van der Waals surface area contributed by atoms with Crippen molar-refractivity contribution < 1.29 is 0 Å². The number of nitriles is 1. The second-order valence-corrected chi connectivity index (χ2v) is 4.28. The minimum Gasteiger partial charge on any atom is -0.382 e. The number of pyridine rings is 1. The molecule has 6 heteroatoms. The van der Waals surface area contributed by atoms with E-state index in [1.807, 2.05) is 25.1 Å². The maximum atomic E-state index is 8.92. The fourth-order valence-corrected chi connectivity index (χ4v) is 2.06. The molecule has 3 N–H and O–H groups in total. The third-order valence-electron chi connectivity index (χ3n) is 2.36. The van der Waals surface area contributed by atoms with Gasteiger partial charge in [-0.2, -0.15) is 9.64 Å². The molecule has 17 heavy (non-hydrogen) atoms. The van der Waals surface area contributed by atoms with Crippen LogP contribution in [0.2, 0.25) is 0 Å². The van der Waals surface area contributed by atoms with E-state index in [1.165, 1.54) is 11.5 Å². The number of aromatic nitrogens is 2. The minimum atomic E-state index is 0.276. The summed E-state index contributed by atoms with van der Waals surface area (Å²) >= 11 is 1.19. The van der Waals surface area contributed by atoms with Crippen LogP contribution in [0.15, 0.2) is 18.3 Å². The lowest BCUT2D eigenvalue weighted by atomic mass is 10.2. The Kier molecular flexibility index (Phi) is 3.21. The fraction of sp³-hybridized carbons (Fsp3) is 0.182. The highest BCUT2D eigenvalue weighted by Gasteiger charge is 2.10. The molecule has 0 saturated carbocycles. The van der Waals surface area contributed by atoms with Gasteiger partial charge in [0.05, 0.1) is 12.2 Å². The van der Waals surface area contributed by atoms with Crippen molar-refractivity contribution in [1.29, 1.82) is 5.26 Å². The van der Waals surface area contributed by atoms with E-state index < -0.39 is 0 Å². The van der Waals surface area contributed by atoms with E-state index in [1.54, 1.807) is 6.20 Å². The van der Waals surface area contributed by atoms with Crippen LogP contribution in [0.1, 0.15) is 16.8 Å². The number of anilines is 2. The van der Waals surface area contributed by atoms with Gasteiger partial charge in [-0.3, -0.25) is 4.98 Å². The van der Waals surface area contributed by atoms with Crippen LogP contribution in [0.5, 0.6) is 0 Å². The van der Waals surface area contributed by atoms with Crippen molar-refractivity contribution in [2.45, 2.75) is 13.5 Å². The Balaban J connectivity index is 2.13. The molecule has 2 aromatic rings. The van der Waals surface area contributed by atoms with Gasteiger partial charge < -0.3 is 11.1 Å². The van der Waals surface area contributed by atoms with Gasteiger partial charge in [-0.15, -0.1) is 0 Å². The van der Waals surface area contributed by atoms with Crippen LogP contribution < -0.4 is 11.1 Å². The predicted molar refractivity (Wildman–Crippen MR) is 67.5 cm³/mol. The molecule has 0 fully saturated rings. The number of hydrogen-bond acceptors (Lipinski definition) is 6. The molecule has 2 rings (SSSR count). The Bertz CT molecular complexity index is 569. The number of nitrogen functional groups attached to an aromatic ring is 1. The van der Waals surface area contributed by atoms with Gasteiger partial charge in [0, 0.05) is 6.20 Å². The maximum absolute atomic E-state index is 8.92. The molecule has 0 atom stereocenters. The molecule has 0 aromatic carbocycles. The molecular weight excluding hydrogens is 234 g/mol. The van der Waals surface area contributed by atoms with Crippen molar-refractivity contribution in [3.63, 3.8) is 0 Å². The first-order valence-electron chi connectivity index (χ1n) is 5.02. The molecule has 5 nitrogen and oxygen atoms in total. The molecule has 0 aliphatic rings. The summed E-state index contributed by atoms with van der Waals surface area (Å²) in [5.41, 5.74) is 8.03. The third-order valence-corrected chi connectivity index (χ3v) is 3.18. The van der Waals surface area contributed by atoms with Gasteiger partial charge in [0.1, 0.15) is 16.6 Å². The lowest BCUT2D eigenvalue weighted by Gasteiger charge is -2.05. The SMILES string of the molecule is Cc1cccnc1CNc1snc(N)c1C#N. The average Bonchev–Trinajstić information content (AvgIpc) is 2.69. The summed E-state index contributed by atoms with van der Waals surface area (Å²) in [5, 5.41) is 12.7. The predicted octanol–water partition coefficient (Wildman–Crippen LogP) is 1.91. The van der Waals surface area contributed by atoms with E-state index in [-0.39, 0.29) is 5.82 Å². The molecule has 0 unspecified atom stereocenters. The summed E-state index contributed by atoms with van der Waals surface area (Å²) in [5.74, 6) is 0.276. The van der Waals surface area contributed by atoms with Crippen LogP contribution >= 0.6 is 11.5 Å². The molecule has 2 heterocycles. The molecular formula is C11H11N5S. The van der Waals surface area contributed by atoms with Crippen LogP contribution in [0.3, 0.4) is 0 Å². The average molecular weight is 245 g/mol. The van der Waals surface area contributed by atoms with E-state index in [9.17, 15) is 0 Å². The molecule has 0 saturated heterocycles. The topological polar surface area (TPSA) is 87.6 Å². The second kappa shape index (κ2) is 4.80. The van der Waals surface area contributed by atoms with Crippen molar-refractivity contribution in [2.75, 3.05) is 11.1 Å². The Morgan fingerprint density at radius 1 is 1.59 bits per heavy atom. The van der Waals surface area contributed by atoms with E-state index >= 15 is 0 Å². The summed E-state index contributed by atoms with van der Waals surface area (Å²) in [6.45, 7) is 2.55. The van der Waals surface area contributed by atoms with Gasteiger partial charge in [-0.1, -0.05) is 6.07 Å². The minimum absolute atomic E-state index is 0.276. The number of hydrogen-bond donors (Lipinski definition) is 2. The Morgan fingerprint density at radius 2 is 2.41 bits per heavy atom. The highest BCUT2D eigenvalue weighted by molar-refractivity contribution is 7.10. The van der Waals surface area contributed by atoms with Gasteiger partial charge in [0.2, 0.25) is 0 Å². The van der Waals surface area contributed by atoms with Gasteiger partial charge in [-0.05, 0) is 30.1 Å². The zero-order chi connectivity index (χ0) is 12.3. The quantitative estimate of drug-likeness (QED) is 0.862. The highest BCUT2D eigenvalue weighted by atomic mass is 32.1. The van der Waals surface area contributed by atoms with Gasteiger partial charge in [0.25, 0.3) is 0 Å². The molecule has 0 radical (unpaired) electrons. The van der Waals surface area contributed by atoms with Gasteiger partial charge in [-0.25, -0.2) is 0 Å². The smallest absolute Gasteiger partial charge is 0.157 e. The standard InChI is InChI=1S/C11H11N5S/c1-7-3-2-4-14-9(7)6-15-11-8(5-12)10(13)16-17-11/h2-4,15H,6H2,1H3,(H2,13,16). The normalized spacial score (nSPS) is 9.88. The van der Waals surface area contributed by atoms with E-state index in [0.29, 0.717) is 17.1 Å². The summed E-state index contributed by atoms with van der Waals surface area (Å²) in [6, 6.07) is 5.92. The van der Waals surface area contributed by atoms with Gasteiger partial charge >= 0.3 is 0 Å². The molecule has 2 aromatic heterocycles. The van der Waals surface area contributed by atoms with Crippen LogP contribution in [0.4, 0.5) is 10.8 Å². The van der Waals surface area contributed by atoms with Crippen molar-refractivity contribution in [3.05, 3.63) is 35.2 Å². The molecule has 0 amide bonds. The van der Waals surface area contributed by atoms with Crippen molar-refractivity contribution in [2.24, 2.45) is 0 Å². The van der Waals surface area contributed by atoms with Crippen LogP contribution in [-0.2, 0) is 6.54 Å². The summed E-state index contributed by atoms with van der Waals surface area (Å²) in [4.78, 5) is 4.26. The lowest BCUT2D eigenvalue weighted by Crippen LogP contribution is -2.03. The van der Waals surface area contributed by atoms with Crippen LogP contribution in [-0.4, -0.2) is 9.36 Å². The first-order valence-corrected chi connectivity index (χ1v) is 5.79. The highest BCUT2D eigenvalue weighted by Crippen LogP contribution is 2.26. The fourth-order valence-electron chi connectivity index (χ4n) is 1.40. The van der Waals surface area contributed by atoms with Gasteiger partial charge in [0.15, 0.2) is 5.82 Å². The zero-order valence-corrected chi connectivity index (χ0v) is 10.1. The first kappa shape index (κ1) is 11.4. The van der Waals surface area contributed by atoms with Crippen LogP contribution in [0.25, 0.3) is 0 Å². The van der Waals surface area contributed by atoms with Crippen molar-refractivity contribution in [3.8, 4) is 6.07 Å². The summed E-state index contributed by atoms with van der Waals surface area (Å²) in [6.07, 6.45) is 1.75. The number of nitrogens with zero attached hydrogens (tertiary/aromatic N) is 3. The van der Waals surface area contributed by atoms with E-state index in [4.69, 9.17) is 11.0 Å². The third kappa shape index (κ3) is 2.34. The molecule has 0 bridgehead atoms. The number of rotatable bonds is 3. The van der Waals surface area contributed by atoms with Crippen LogP contribution in [0, 0.1) is 18.3 Å². The Hall–Kier alpha value is -2.13. The lowest BCUT2D eigenvalue weighted by molar-refractivity contribution is 1.02. The largest absolute Gasteiger partial charge is 0.382 e. The summed E-state index contributed by atoms with van der Waals surface area (Å²) in [7, 11) is 0. The first-order chi connectivity index (χ1) is 8.22. The number of aryl methyl sites for hydroxylation is 1. The number of nitrogens with one attached hydrogen (secondary N) is 1. The molecule has 0 aliphatic heterocycles. The van der Waals surface area contributed by atoms with E-state index in [2.05, 4.69) is 14.7 Å². The van der Waals surface area contributed by atoms with Crippen molar-refractivity contribution >= 4 is 22.4 Å². The maximum Gasteiger partial charge on any atom is 0.157 e. The Morgan fingerprint density at radius 3 is 3.12 bits per heavy atom. The zero-order valence-electron chi connectivity index (χ0n) is 9.27. The second-order valence-electron chi connectivity index (χ2n) is 3.50. The summed E-state index contributed by atoms with van der Waals surface area (Å²) < 4.78 is 3.94. The molecule has 0 spiro atoms. The molecule has 0 aliphatic carbocycles.